The van der Waals surface area contributed by atoms with Gasteiger partial charge in [-0.1, -0.05) is 56.3 Å². The Balaban J connectivity index is 2.36. The maximum Gasteiger partial charge on any atom is 0.193 e. The maximum atomic E-state index is 12.3. The van der Waals surface area contributed by atoms with Gasteiger partial charge in [0.1, 0.15) is 0 Å². The lowest BCUT2D eigenvalue weighted by Gasteiger charge is -2.11. The zero-order chi connectivity index (χ0) is 13.1. The van der Waals surface area contributed by atoms with Crippen molar-refractivity contribution in [1.82, 2.24) is 0 Å². The fraction of sp³-hybridized carbons (Fsp3) is 0.235. The van der Waals surface area contributed by atoms with Gasteiger partial charge in [-0.25, -0.2) is 0 Å². The van der Waals surface area contributed by atoms with Gasteiger partial charge in [0.15, 0.2) is 5.78 Å². The third-order valence-electron chi connectivity index (χ3n) is 3.19. The van der Waals surface area contributed by atoms with Crippen LogP contribution in [0.15, 0.2) is 48.5 Å². The van der Waals surface area contributed by atoms with Crippen molar-refractivity contribution in [2.24, 2.45) is 0 Å². The van der Waals surface area contributed by atoms with Crippen molar-refractivity contribution < 1.29 is 4.79 Å². The SMILES string of the molecule is Cc1cc(C(=O)c2ccccc2)ccc1C(C)C. The van der Waals surface area contributed by atoms with Gasteiger partial charge in [0, 0.05) is 11.1 Å². The van der Waals surface area contributed by atoms with Crippen molar-refractivity contribution in [3.05, 3.63) is 70.8 Å². The van der Waals surface area contributed by atoms with Crippen LogP contribution in [0.5, 0.6) is 0 Å². The highest BCUT2D eigenvalue weighted by molar-refractivity contribution is 6.09. The Morgan fingerprint density at radius 3 is 2.17 bits per heavy atom. The molecule has 0 unspecified atom stereocenters. The van der Waals surface area contributed by atoms with Gasteiger partial charge in [0.25, 0.3) is 0 Å². The van der Waals surface area contributed by atoms with E-state index in [4.69, 9.17) is 0 Å². The topological polar surface area (TPSA) is 17.1 Å². The molecular formula is C17H18O. The molecule has 0 atom stereocenters. The quantitative estimate of drug-likeness (QED) is 0.726. The summed E-state index contributed by atoms with van der Waals surface area (Å²) in [6, 6.07) is 15.4. The summed E-state index contributed by atoms with van der Waals surface area (Å²) >= 11 is 0. The fourth-order valence-corrected chi connectivity index (χ4v) is 2.22. The smallest absolute Gasteiger partial charge is 0.193 e. The Bertz CT molecular complexity index is 553. The van der Waals surface area contributed by atoms with Crippen LogP contribution < -0.4 is 0 Å². The largest absolute Gasteiger partial charge is 0.289 e. The van der Waals surface area contributed by atoms with Gasteiger partial charge < -0.3 is 0 Å². The number of hydrogen-bond acceptors (Lipinski definition) is 1. The normalized spacial score (nSPS) is 10.7. The molecule has 0 fully saturated rings. The van der Waals surface area contributed by atoms with Crippen LogP contribution >= 0.6 is 0 Å². The molecule has 0 aliphatic heterocycles. The van der Waals surface area contributed by atoms with Crippen molar-refractivity contribution in [1.29, 1.82) is 0 Å². The van der Waals surface area contributed by atoms with Gasteiger partial charge in [0.2, 0.25) is 0 Å². The Hall–Kier alpha value is -1.89. The predicted octanol–water partition coefficient (Wildman–Crippen LogP) is 4.35. The first-order valence-corrected chi connectivity index (χ1v) is 6.30. The highest BCUT2D eigenvalue weighted by Gasteiger charge is 2.11. The molecule has 0 spiro atoms. The van der Waals surface area contributed by atoms with Gasteiger partial charge in [0.05, 0.1) is 0 Å². The van der Waals surface area contributed by atoms with E-state index in [0.717, 1.165) is 11.1 Å². The standard InChI is InChI=1S/C17H18O/c1-12(2)16-10-9-15(11-13(16)3)17(18)14-7-5-4-6-8-14/h4-12H,1-3H3. The summed E-state index contributed by atoms with van der Waals surface area (Å²) in [6.07, 6.45) is 0. The summed E-state index contributed by atoms with van der Waals surface area (Å²) in [5, 5.41) is 0. The molecule has 0 aliphatic rings. The summed E-state index contributed by atoms with van der Waals surface area (Å²) in [5.41, 5.74) is 4.00. The molecule has 0 N–H and O–H groups in total. The first-order chi connectivity index (χ1) is 8.59. The summed E-state index contributed by atoms with van der Waals surface area (Å²) in [6.45, 7) is 6.40. The Kier molecular flexibility index (Phi) is 3.61. The molecule has 2 aromatic rings. The number of carbonyl (C=O) groups excluding carboxylic acids is 1. The molecule has 0 radical (unpaired) electrons. The van der Waals surface area contributed by atoms with Crippen LogP contribution in [0.3, 0.4) is 0 Å². The maximum absolute atomic E-state index is 12.3. The Labute approximate surface area is 108 Å². The number of benzene rings is 2. The second-order valence-corrected chi connectivity index (χ2v) is 4.92. The average molecular weight is 238 g/mol. The van der Waals surface area contributed by atoms with E-state index in [1.807, 2.05) is 42.5 Å². The minimum Gasteiger partial charge on any atom is -0.289 e. The van der Waals surface area contributed by atoms with Crippen LogP contribution in [-0.4, -0.2) is 5.78 Å². The second-order valence-electron chi connectivity index (χ2n) is 4.92. The highest BCUT2D eigenvalue weighted by atomic mass is 16.1. The predicted molar refractivity (Wildman–Crippen MR) is 75.1 cm³/mol. The third kappa shape index (κ3) is 2.51. The number of hydrogen-bond donors (Lipinski definition) is 0. The second kappa shape index (κ2) is 5.18. The van der Waals surface area contributed by atoms with Crippen LogP contribution in [0.1, 0.15) is 46.8 Å². The lowest BCUT2D eigenvalue weighted by molar-refractivity contribution is 0.103. The molecule has 2 aromatic carbocycles. The van der Waals surface area contributed by atoms with Crippen LogP contribution in [0, 0.1) is 6.92 Å². The molecule has 0 saturated heterocycles. The van der Waals surface area contributed by atoms with E-state index in [2.05, 4.69) is 26.8 Å². The van der Waals surface area contributed by atoms with Crippen LogP contribution in [0.25, 0.3) is 0 Å². The van der Waals surface area contributed by atoms with E-state index in [-0.39, 0.29) is 5.78 Å². The minimum atomic E-state index is 0.0917. The fourth-order valence-electron chi connectivity index (χ4n) is 2.22. The van der Waals surface area contributed by atoms with E-state index in [0.29, 0.717) is 5.92 Å². The molecule has 1 heteroatoms. The monoisotopic (exact) mass is 238 g/mol. The van der Waals surface area contributed by atoms with Crippen molar-refractivity contribution in [3.63, 3.8) is 0 Å². The van der Waals surface area contributed by atoms with E-state index in [9.17, 15) is 4.79 Å². The molecule has 18 heavy (non-hydrogen) atoms. The van der Waals surface area contributed by atoms with Gasteiger partial charge >= 0.3 is 0 Å². The molecule has 0 heterocycles. The molecule has 0 aliphatic carbocycles. The lowest BCUT2D eigenvalue weighted by Crippen LogP contribution is -2.03. The summed E-state index contributed by atoms with van der Waals surface area (Å²) < 4.78 is 0. The van der Waals surface area contributed by atoms with Gasteiger partial charge in [-0.3, -0.25) is 4.79 Å². The first kappa shape index (κ1) is 12.6. The Morgan fingerprint density at radius 2 is 1.61 bits per heavy atom. The molecule has 0 aromatic heterocycles. The highest BCUT2D eigenvalue weighted by Crippen LogP contribution is 2.21. The van der Waals surface area contributed by atoms with Gasteiger partial charge in [-0.15, -0.1) is 0 Å². The molecule has 0 saturated carbocycles. The van der Waals surface area contributed by atoms with Crippen molar-refractivity contribution in [3.8, 4) is 0 Å². The zero-order valence-corrected chi connectivity index (χ0v) is 11.1. The van der Waals surface area contributed by atoms with Crippen LogP contribution in [0.2, 0.25) is 0 Å². The third-order valence-corrected chi connectivity index (χ3v) is 3.19. The molecule has 92 valence electrons. The van der Waals surface area contributed by atoms with Crippen LogP contribution in [0.4, 0.5) is 0 Å². The van der Waals surface area contributed by atoms with E-state index in [1.54, 1.807) is 0 Å². The first-order valence-electron chi connectivity index (χ1n) is 6.30. The average Bonchev–Trinajstić information content (AvgIpc) is 2.38. The van der Waals surface area contributed by atoms with Gasteiger partial charge in [-0.2, -0.15) is 0 Å². The minimum absolute atomic E-state index is 0.0917. The van der Waals surface area contributed by atoms with E-state index < -0.39 is 0 Å². The summed E-state index contributed by atoms with van der Waals surface area (Å²) in [5.74, 6) is 0.583. The van der Waals surface area contributed by atoms with E-state index >= 15 is 0 Å². The molecule has 1 nitrogen and oxygen atoms in total. The lowest BCUT2D eigenvalue weighted by atomic mass is 9.94. The summed E-state index contributed by atoms with van der Waals surface area (Å²) in [7, 11) is 0. The van der Waals surface area contributed by atoms with E-state index in [1.165, 1.54) is 11.1 Å². The zero-order valence-electron chi connectivity index (χ0n) is 11.1. The Morgan fingerprint density at radius 1 is 0.944 bits per heavy atom. The van der Waals surface area contributed by atoms with Crippen LogP contribution in [-0.2, 0) is 0 Å². The summed E-state index contributed by atoms with van der Waals surface area (Å²) in [4.78, 5) is 12.3. The molecular weight excluding hydrogens is 220 g/mol. The number of rotatable bonds is 3. The molecule has 0 bridgehead atoms. The van der Waals surface area contributed by atoms with Crippen molar-refractivity contribution >= 4 is 5.78 Å². The number of ketones is 1. The number of aryl methyl sites for hydroxylation is 1. The van der Waals surface area contributed by atoms with Crippen molar-refractivity contribution in [2.45, 2.75) is 26.7 Å². The molecule has 0 amide bonds. The number of carbonyl (C=O) groups is 1. The van der Waals surface area contributed by atoms with Crippen molar-refractivity contribution in [2.75, 3.05) is 0 Å². The molecule has 2 rings (SSSR count). The van der Waals surface area contributed by atoms with Gasteiger partial charge in [-0.05, 0) is 30.0 Å².